The second-order valence-corrected chi connectivity index (χ2v) is 8.20. The minimum Gasteiger partial charge on any atom is -0.324 e. The summed E-state index contributed by atoms with van der Waals surface area (Å²) in [5.41, 5.74) is 3.25. The van der Waals surface area contributed by atoms with E-state index in [1.807, 2.05) is 25.1 Å². The van der Waals surface area contributed by atoms with Gasteiger partial charge in [0.2, 0.25) is 5.91 Å². The third kappa shape index (κ3) is 4.32. The van der Waals surface area contributed by atoms with Crippen molar-refractivity contribution in [3.05, 3.63) is 59.7 Å². The highest BCUT2D eigenvalue weighted by molar-refractivity contribution is 8.39. The molecule has 0 spiro atoms. The number of ketones is 1. The lowest BCUT2D eigenvalue weighted by Gasteiger charge is -2.17. The van der Waals surface area contributed by atoms with Gasteiger partial charge in [0.25, 0.3) is 0 Å². The summed E-state index contributed by atoms with van der Waals surface area (Å²) in [6.07, 6.45) is 0. The number of carbonyl (C=O) groups is 2. The Labute approximate surface area is 155 Å². The van der Waals surface area contributed by atoms with Gasteiger partial charge in [0.1, 0.15) is 4.38 Å². The monoisotopic (exact) mass is 370 g/mol. The number of Topliss-reactive ketones (excluding diaryl/α,β-unsaturated/α-hetero) is 1. The fourth-order valence-corrected chi connectivity index (χ4v) is 4.60. The van der Waals surface area contributed by atoms with E-state index >= 15 is 0 Å². The molecular weight excluding hydrogens is 352 g/mol. The van der Waals surface area contributed by atoms with Gasteiger partial charge in [-0.05, 0) is 37.6 Å². The van der Waals surface area contributed by atoms with Gasteiger partial charge in [-0.1, -0.05) is 53.9 Å². The molecule has 0 aromatic heterocycles. The second kappa shape index (κ2) is 7.89. The molecule has 2 aromatic carbocycles. The number of carbonyl (C=O) groups excluding carboxylic acids is 2. The molecule has 1 unspecified atom stereocenters. The zero-order chi connectivity index (χ0) is 17.8. The summed E-state index contributed by atoms with van der Waals surface area (Å²) in [4.78, 5) is 28.8. The first-order valence-electron chi connectivity index (χ1n) is 7.91. The average molecular weight is 370 g/mol. The first kappa shape index (κ1) is 17.8. The van der Waals surface area contributed by atoms with Crippen LogP contribution in [0.5, 0.6) is 0 Å². The molecule has 0 radical (unpaired) electrons. The Kier molecular flexibility index (Phi) is 5.60. The Morgan fingerprint density at radius 3 is 2.68 bits per heavy atom. The third-order valence-electron chi connectivity index (χ3n) is 3.77. The predicted molar refractivity (Wildman–Crippen MR) is 107 cm³/mol. The standard InChI is InChI=1S/C19H18N2O2S2/c1-12(22)15-8-4-6-10-17(15)20-18(23)13(2)25-19-21-16-9-5-3-7-14(16)11-24-19/h3-10,13H,11H2,1-2H3,(H,20,23). The first-order chi connectivity index (χ1) is 12.0. The molecule has 0 aliphatic carbocycles. The van der Waals surface area contributed by atoms with Crippen molar-refractivity contribution in [2.45, 2.75) is 24.9 Å². The number of hydrogen-bond donors (Lipinski definition) is 1. The zero-order valence-electron chi connectivity index (χ0n) is 14.0. The van der Waals surface area contributed by atoms with Crippen molar-refractivity contribution in [2.24, 2.45) is 4.99 Å². The topological polar surface area (TPSA) is 58.5 Å². The molecule has 1 aliphatic rings. The largest absolute Gasteiger partial charge is 0.324 e. The SMILES string of the molecule is CC(=O)c1ccccc1NC(=O)C(C)SC1=Nc2ccccc2CS1. The Morgan fingerprint density at radius 2 is 1.88 bits per heavy atom. The number of fused-ring (bicyclic) bond motifs is 1. The smallest absolute Gasteiger partial charge is 0.237 e. The molecule has 4 nitrogen and oxygen atoms in total. The molecule has 0 saturated heterocycles. The summed E-state index contributed by atoms with van der Waals surface area (Å²) < 4.78 is 0.890. The number of hydrogen-bond acceptors (Lipinski definition) is 5. The fourth-order valence-electron chi connectivity index (χ4n) is 2.41. The molecule has 2 aromatic rings. The summed E-state index contributed by atoms with van der Waals surface area (Å²) in [5, 5.41) is 2.55. The summed E-state index contributed by atoms with van der Waals surface area (Å²) in [7, 11) is 0. The van der Waals surface area contributed by atoms with E-state index in [0.717, 1.165) is 15.8 Å². The number of para-hydroxylation sites is 2. The maximum absolute atomic E-state index is 12.5. The zero-order valence-corrected chi connectivity index (χ0v) is 15.6. The third-order valence-corrected chi connectivity index (χ3v) is 6.06. The van der Waals surface area contributed by atoms with Crippen molar-refractivity contribution in [2.75, 3.05) is 5.32 Å². The van der Waals surface area contributed by atoms with Crippen LogP contribution in [0, 0.1) is 0 Å². The molecule has 1 amide bonds. The second-order valence-electron chi connectivity index (χ2n) is 5.65. The van der Waals surface area contributed by atoms with Crippen LogP contribution < -0.4 is 5.32 Å². The van der Waals surface area contributed by atoms with E-state index in [-0.39, 0.29) is 16.9 Å². The number of aliphatic imine (C=N–C) groups is 1. The molecule has 0 bridgehead atoms. The summed E-state index contributed by atoms with van der Waals surface area (Å²) in [6, 6.07) is 15.1. The van der Waals surface area contributed by atoms with Crippen molar-refractivity contribution >= 4 is 51.0 Å². The molecule has 6 heteroatoms. The molecule has 3 rings (SSSR count). The quantitative estimate of drug-likeness (QED) is 0.779. The van der Waals surface area contributed by atoms with Gasteiger partial charge in [0, 0.05) is 11.3 Å². The van der Waals surface area contributed by atoms with Crippen LogP contribution in [0.3, 0.4) is 0 Å². The number of anilines is 1. The van der Waals surface area contributed by atoms with Gasteiger partial charge >= 0.3 is 0 Å². The molecule has 1 atom stereocenters. The van der Waals surface area contributed by atoms with Crippen LogP contribution in [0.2, 0.25) is 0 Å². The van der Waals surface area contributed by atoms with Gasteiger partial charge in [0.05, 0.1) is 16.6 Å². The van der Waals surface area contributed by atoms with Crippen LogP contribution in [-0.4, -0.2) is 21.3 Å². The Morgan fingerprint density at radius 1 is 1.16 bits per heavy atom. The van der Waals surface area contributed by atoms with E-state index in [4.69, 9.17) is 0 Å². The molecule has 1 N–H and O–H groups in total. The van der Waals surface area contributed by atoms with E-state index in [1.165, 1.54) is 24.2 Å². The summed E-state index contributed by atoms with van der Waals surface area (Å²) in [6.45, 7) is 3.34. The van der Waals surface area contributed by atoms with E-state index < -0.39 is 0 Å². The number of benzene rings is 2. The molecule has 1 aliphatic heterocycles. The first-order valence-corrected chi connectivity index (χ1v) is 9.78. The highest BCUT2D eigenvalue weighted by Gasteiger charge is 2.21. The Hall–Kier alpha value is -2.05. The van der Waals surface area contributed by atoms with E-state index in [0.29, 0.717) is 11.3 Å². The number of amides is 1. The average Bonchev–Trinajstić information content (AvgIpc) is 2.61. The highest BCUT2D eigenvalue weighted by atomic mass is 32.2. The molecule has 1 heterocycles. The minimum absolute atomic E-state index is 0.0694. The van der Waals surface area contributed by atoms with Crippen LogP contribution in [0.25, 0.3) is 0 Å². The molecule has 128 valence electrons. The van der Waals surface area contributed by atoms with Crippen LogP contribution in [0.15, 0.2) is 53.5 Å². The maximum Gasteiger partial charge on any atom is 0.237 e. The van der Waals surface area contributed by atoms with Gasteiger partial charge in [-0.15, -0.1) is 0 Å². The van der Waals surface area contributed by atoms with Crippen molar-refractivity contribution in [3.8, 4) is 0 Å². The molecule has 25 heavy (non-hydrogen) atoms. The van der Waals surface area contributed by atoms with Gasteiger partial charge in [0.15, 0.2) is 5.78 Å². The Bertz CT molecular complexity index is 849. The molecule has 0 saturated carbocycles. The number of thioether (sulfide) groups is 2. The predicted octanol–water partition coefficient (Wildman–Crippen LogP) is 4.88. The lowest BCUT2D eigenvalue weighted by molar-refractivity contribution is -0.115. The van der Waals surface area contributed by atoms with Crippen LogP contribution in [0.4, 0.5) is 11.4 Å². The summed E-state index contributed by atoms with van der Waals surface area (Å²) in [5.74, 6) is 0.657. The maximum atomic E-state index is 12.5. The van der Waals surface area contributed by atoms with Gasteiger partial charge in [-0.3, -0.25) is 9.59 Å². The lowest BCUT2D eigenvalue weighted by atomic mass is 10.1. The van der Waals surface area contributed by atoms with Crippen LogP contribution in [0.1, 0.15) is 29.8 Å². The molecule has 0 fully saturated rings. The number of rotatable bonds is 4. The van der Waals surface area contributed by atoms with Crippen LogP contribution in [-0.2, 0) is 10.5 Å². The van der Waals surface area contributed by atoms with E-state index in [2.05, 4.69) is 16.4 Å². The van der Waals surface area contributed by atoms with Crippen LogP contribution >= 0.6 is 23.5 Å². The van der Waals surface area contributed by atoms with Gasteiger partial charge in [-0.2, -0.15) is 0 Å². The fraction of sp³-hybridized carbons (Fsp3) is 0.211. The normalized spacial score (nSPS) is 14.2. The van der Waals surface area contributed by atoms with Gasteiger partial charge < -0.3 is 5.32 Å². The highest BCUT2D eigenvalue weighted by Crippen LogP contribution is 2.36. The Balaban J connectivity index is 1.68. The summed E-state index contributed by atoms with van der Waals surface area (Å²) >= 11 is 3.09. The van der Waals surface area contributed by atoms with E-state index in [1.54, 1.807) is 36.0 Å². The lowest BCUT2D eigenvalue weighted by Crippen LogP contribution is -2.24. The van der Waals surface area contributed by atoms with Crippen molar-refractivity contribution < 1.29 is 9.59 Å². The molecular formula is C19H18N2O2S2. The number of nitrogens with one attached hydrogen (secondary N) is 1. The van der Waals surface area contributed by atoms with E-state index in [9.17, 15) is 9.59 Å². The van der Waals surface area contributed by atoms with Gasteiger partial charge in [-0.25, -0.2) is 4.99 Å². The van der Waals surface area contributed by atoms with Crippen molar-refractivity contribution in [1.82, 2.24) is 0 Å². The number of nitrogens with zero attached hydrogens (tertiary/aromatic N) is 1. The van der Waals surface area contributed by atoms with Crippen molar-refractivity contribution in [1.29, 1.82) is 0 Å². The van der Waals surface area contributed by atoms with Crippen molar-refractivity contribution in [3.63, 3.8) is 0 Å². The minimum atomic E-state index is -0.309.